The monoisotopic (exact) mass is 256 g/mol. The average Bonchev–Trinajstić information content (AvgIpc) is 2.21. The van der Waals surface area contributed by atoms with E-state index in [2.05, 4.69) is 5.32 Å². The number of hydrogen-bond acceptors (Lipinski definition) is 3. The number of carbonyl (C=O) groups is 2. The summed E-state index contributed by atoms with van der Waals surface area (Å²) >= 11 is 0. The Morgan fingerprint density at radius 2 is 2.06 bits per heavy atom. The highest BCUT2D eigenvalue weighted by Crippen LogP contribution is 2.23. The van der Waals surface area contributed by atoms with Gasteiger partial charge in [-0.2, -0.15) is 0 Å². The fourth-order valence-corrected chi connectivity index (χ4v) is 2.09. The predicted octanol–water partition coefficient (Wildman–Crippen LogP) is 0.784. The number of amides is 2. The Hall–Kier alpha value is -1.10. The summed E-state index contributed by atoms with van der Waals surface area (Å²) in [7, 11) is 0. The molecule has 2 unspecified atom stereocenters. The third-order valence-electron chi connectivity index (χ3n) is 2.99. The number of hydrogen-bond donors (Lipinski definition) is 1. The van der Waals surface area contributed by atoms with E-state index < -0.39 is 6.04 Å². The Morgan fingerprint density at radius 1 is 1.44 bits per heavy atom. The predicted molar refractivity (Wildman–Crippen MR) is 69.1 cm³/mol. The first kappa shape index (κ1) is 15.0. The van der Waals surface area contributed by atoms with Gasteiger partial charge in [0, 0.05) is 13.2 Å². The van der Waals surface area contributed by atoms with Gasteiger partial charge in [0.1, 0.15) is 6.04 Å². The zero-order chi connectivity index (χ0) is 13.9. The number of nitrogens with one attached hydrogen (secondary N) is 1. The van der Waals surface area contributed by atoms with Gasteiger partial charge in [0.15, 0.2) is 0 Å². The van der Waals surface area contributed by atoms with Crippen LogP contribution in [0.3, 0.4) is 0 Å². The van der Waals surface area contributed by atoms with E-state index in [1.54, 1.807) is 4.90 Å². The molecule has 5 nitrogen and oxygen atoms in total. The lowest BCUT2D eigenvalue weighted by atomic mass is 9.84. The van der Waals surface area contributed by atoms with E-state index in [9.17, 15) is 9.59 Å². The maximum Gasteiger partial charge on any atom is 0.246 e. The molecule has 1 rings (SSSR count). The highest BCUT2D eigenvalue weighted by molar-refractivity contribution is 5.95. The van der Waals surface area contributed by atoms with Gasteiger partial charge in [-0.15, -0.1) is 0 Å². The molecule has 0 aromatic rings. The Kier molecular flexibility index (Phi) is 4.73. The molecule has 1 fully saturated rings. The molecule has 1 aliphatic rings. The topological polar surface area (TPSA) is 58.6 Å². The summed E-state index contributed by atoms with van der Waals surface area (Å²) in [5.41, 5.74) is -0.278. The lowest BCUT2D eigenvalue weighted by Crippen LogP contribution is -2.63. The normalized spacial score (nSPS) is 22.9. The van der Waals surface area contributed by atoms with Gasteiger partial charge in [0.25, 0.3) is 0 Å². The van der Waals surface area contributed by atoms with Crippen molar-refractivity contribution in [2.75, 3.05) is 19.7 Å². The number of rotatable bonds is 4. The molecule has 0 aliphatic carbocycles. The standard InChI is InChI=1S/C13H24N2O3/c1-6-18-9(2)7-15-8-10(16)14-11(12(15)17)13(3,4)5/h9,11H,6-8H2,1-5H3,(H,14,16). The van der Waals surface area contributed by atoms with Crippen LogP contribution in [0, 0.1) is 5.41 Å². The maximum atomic E-state index is 12.3. The van der Waals surface area contributed by atoms with Crippen molar-refractivity contribution in [1.82, 2.24) is 10.2 Å². The van der Waals surface area contributed by atoms with Crippen molar-refractivity contribution in [2.45, 2.75) is 46.8 Å². The molecule has 1 aliphatic heterocycles. The molecule has 0 saturated carbocycles. The van der Waals surface area contributed by atoms with Crippen LogP contribution in [0.5, 0.6) is 0 Å². The second kappa shape index (κ2) is 5.69. The Morgan fingerprint density at radius 3 is 2.56 bits per heavy atom. The highest BCUT2D eigenvalue weighted by atomic mass is 16.5. The first-order valence-corrected chi connectivity index (χ1v) is 6.45. The maximum absolute atomic E-state index is 12.3. The van der Waals surface area contributed by atoms with Gasteiger partial charge in [0.05, 0.1) is 12.6 Å². The molecular formula is C13H24N2O3. The van der Waals surface area contributed by atoms with Crippen molar-refractivity contribution in [3.63, 3.8) is 0 Å². The minimum Gasteiger partial charge on any atom is -0.377 e. The molecule has 1 heterocycles. The van der Waals surface area contributed by atoms with E-state index in [0.29, 0.717) is 13.2 Å². The number of carbonyl (C=O) groups excluding carboxylic acids is 2. The second-order valence-corrected chi connectivity index (χ2v) is 5.85. The van der Waals surface area contributed by atoms with Crippen LogP contribution in [-0.4, -0.2) is 48.6 Å². The molecule has 18 heavy (non-hydrogen) atoms. The van der Waals surface area contributed by atoms with Gasteiger partial charge >= 0.3 is 0 Å². The minimum atomic E-state index is -0.451. The second-order valence-electron chi connectivity index (χ2n) is 5.85. The largest absolute Gasteiger partial charge is 0.377 e. The van der Waals surface area contributed by atoms with Crippen LogP contribution in [0.15, 0.2) is 0 Å². The van der Waals surface area contributed by atoms with Gasteiger partial charge < -0.3 is 15.0 Å². The van der Waals surface area contributed by atoms with Crippen LogP contribution < -0.4 is 5.32 Å². The first-order chi connectivity index (χ1) is 8.25. The summed E-state index contributed by atoms with van der Waals surface area (Å²) in [4.78, 5) is 25.6. The zero-order valence-electron chi connectivity index (χ0n) is 11.9. The lowest BCUT2D eigenvalue weighted by molar-refractivity contribution is -0.149. The summed E-state index contributed by atoms with van der Waals surface area (Å²) in [6, 6.07) is -0.451. The van der Waals surface area contributed by atoms with E-state index in [1.165, 1.54) is 0 Å². The summed E-state index contributed by atoms with van der Waals surface area (Å²) in [5.74, 6) is -0.119. The van der Waals surface area contributed by atoms with Crippen LogP contribution in [-0.2, 0) is 14.3 Å². The fraction of sp³-hybridized carbons (Fsp3) is 0.846. The van der Waals surface area contributed by atoms with Crippen molar-refractivity contribution in [3.8, 4) is 0 Å². The molecule has 1 saturated heterocycles. The smallest absolute Gasteiger partial charge is 0.246 e. The quantitative estimate of drug-likeness (QED) is 0.809. The zero-order valence-corrected chi connectivity index (χ0v) is 11.9. The average molecular weight is 256 g/mol. The van der Waals surface area contributed by atoms with E-state index in [0.717, 1.165) is 0 Å². The van der Waals surface area contributed by atoms with Crippen LogP contribution in [0.4, 0.5) is 0 Å². The third kappa shape index (κ3) is 3.70. The minimum absolute atomic E-state index is 0.0198. The van der Waals surface area contributed by atoms with Gasteiger partial charge in [-0.3, -0.25) is 9.59 Å². The van der Waals surface area contributed by atoms with E-state index in [4.69, 9.17) is 4.74 Å². The molecule has 0 aromatic heterocycles. The van der Waals surface area contributed by atoms with E-state index in [1.807, 2.05) is 34.6 Å². The van der Waals surface area contributed by atoms with Crippen LogP contribution >= 0.6 is 0 Å². The summed E-state index contributed by atoms with van der Waals surface area (Å²) in [6.45, 7) is 10.9. The number of ether oxygens (including phenoxy) is 1. The van der Waals surface area contributed by atoms with Crippen LogP contribution in [0.1, 0.15) is 34.6 Å². The molecule has 0 spiro atoms. The van der Waals surface area contributed by atoms with Crippen molar-refractivity contribution in [2.24, 2.45) is 5.41 Å². The summed E-state index contributed by atoms with van der Waals surface area (Å²) in [5, 5.41) is 2.77. The lowest BCUT2D eigenvalue weighted by Gasteiger charge is -2.39. The Balaban J connectivity index is 2.74. The molecule has 0 radical (unpaired) electrons. The third-order valence-corrected chi connectivity index (χ3v) is 2.99. The molecule has 2 atom stereocenters. The molecule has 104 valence electrons. The van der Waals surface area contributed by atoms with Gasteiger partial charge in [-0.25, -0.2) is 0 Å². The molecule has 0 bridgehead atoms. The Bertz CT molecular complexity index is 323. The van der Waals surface area contributed by atoms with Crippen molar-refractivity contribution in [3.05, 3.63) is 0 Å². The van der Waals surface area contributed by atoms with Crippen molar-refractivity contribution in [1.29, 1.82) is 0 Å². The molecule has 1 N–H and O–H groups in total. The van der Waals surface area contributed by atoms with Crippen LogP contribution in [0.2, 0.25) is 0 Å². The molecular weight excluding hydrogens is 232 g/mol. The summed E-state index contributed by atoms with van der Waals surface area (Å²) in [6.07, 6.45) is -0.0505. The fourth-order valence-electron chi connectivity index (χ4n) is 2.09. The number of nitrogens with zero attached hydrogens (tertiary/aromatic N) is 1. The number of piperazine rings is 1. The van der Waals surface area contributed by atoms with Crippen molar-refractivity contribution >= 4 is 11.8 Å². The van der Waals surface area contributed by atoms with E-state index >= 15 is 0 Å². The van der Waals surface area contributed by atoms with Gasteiger partial charge in [0.2, 0.25) is 11.8 Å². The highest BCUT2D eigenvalue weighted by Gasteiger charge is 2.40. The van der Waals surface area contributed by atoms with E-state index in [-0.39, 0.29) is 29.9 Å². The molecule has 2 amide bonds. The van der Waals surface area contributed by atoms with Crippen LogP contribution in [0.25, 0.3) is 0 Å². The summed E-state index contributed by atoms with van der Waals surface area (Å²) < 4.78 is 5.42. The van der Waals surface area contributed by atoms with Crippen molar-refractivity contribution < 1.29 is 14.3 Å². The Labute approximate surface area is 109 Å². The van der Waals surface area contributed by atoms with Gasteiger partial charge in [-0.05, 0) is 19.3 Å². The molecule has 5 heteroatoms. The SMILES string of the molecule is CCOC(C)CN1CC(=O)NC(C(C)(C)C)C1=O. The molecule has 0 aromatic carbocycles. The van der Waals surface area contributed by atoms with Gasteiger partial charge in [-0.1, -0.05) is 20.8 Å². The first-order valence-electron chi connectivity index (χ1n) is 6.45.